The summed E-state index contributed by atoms with van der Waals surface area (Å²) in [6, 6.07) is 8.54. The maximum atomic E-state index is 9.14. The van der Waals surface area contributed by atoms with Gasteiger partial charge in [0.25, 0.3) is 0 Å². The fraction of sp³-hybridized carbons (Fsp3) is 0.619. The first-order valence-corrected chi connectivity index (χ1v) is 8.87. The third kappa shape index (κ3) is 3.39. The van der Waals surface area contributed by atoms with Crippen LogP contribution in [0.5, 0.6) is 0 Å². The monoisotopic (exact) mass is 329 g/mol. The molecular weight excluding hydrogens is 298 g/mol. The van der Waals surface area contributed by atoms with Gasteiger partial charge in [-0.2, -0.15) is 5.26 Å². The van der Waals surface area contributed by atoms with Gasteiger partial charge in [-0.15, -0.1) is 0 Å². The molecule has 1 saturated carbocycles. The summed E-state index contributed by atoms with van der Waals surface area (Å²) in [6.07, 6.45) is 6.40. The molecule has 0 N–H and O–H groups in total. The molecule has 1 aromatic carbocycles. The molecule has 1 spiro atoms. The number of methoxy groups -OCH3 is 1. The lowest BCUT2D eigenvalue weighted by atomic mass is 9.59. The average molecular weight is 329 g/mol. The molecule has 0 aromatic heterocycles. The highest BCUT2D eigenvalue weighted by molar-refractivity contribution is 5.47. The van der Waals surface area contributed by atoms with Gasteiger partial charge >= 0.3 is 0 Å². The van der Waals surface area contributed by atoms with Crippen LogP contribution < -0.4 is 0 Å². The molecule has 1 fully saturated rings. The molecule has 0 amide bonds. The number of hydrogen-bond acceptors (Lipinski definition) is 3. The first-order chi connectivity index (χ1) is 11.5. The van der Waals surface area contributed by atoms with Crippen molar-refractivity contribution in [2.75, 3.05) is 7.11 Å². The highest BCUT2D eigenvalue weighted by Crippen LogP contribution is 2.58. The largest absolute Gasteiger partial charge is 0.381 e. The summed E-state index contributed by atoms with van der Waals surface area (Å²) in [4.78, 5) is 8.00. The molecule has 0 heterocycles. The maximum absolute atomic E-state index is 9.14. The first kappa shape index (κ1) is 20.4. The van der Waals surface area contributed by atoms with Gasteiger partial charge in [0.05, 0.1) is 17.7 Å². The number of nitrogens with zero attached hydrogens (tertiary/aromatic N) is 1. The minimum atomic E-state index is 0.161. The molecule has 24 heavy (non-hydrogen) atoms. The number of rotatable bonds is 1. The fourth-order valence-electron chi connectivity index (χ4n) is 4.43. The zero-order valence-corrected chi connectivity index (χ0v) is 15.8. The van der Waals surface area contributed by atoms with Gasteiger partial charge in [-0.1, -0.05) is 33.8 Å². The molecule has 0 saturated heterocycles. The van der Waals surface area contributed by atoms with Gasteiger partial charge in [0.1, 0.15) is 6.79 Å². The lowest BCUT2D eigenvalue weighted by molar-refractivity contribution is -0.0979. The Hall–Kier alpha value is -1.66. The van der Waals surface area contributed by atoms with Crippen LogP contribution in [0.15, 0.2) is 18.2 Å². The third-order valence-electron chi connectivity index (χ3n) is 5.99. The van der Waals surface area contributed by atoms with E-state index in [1.807, 2.05) is 33.8 Å². The van der Waals surface area contributed by atoms with Crippen LogP contribution in [-0.4, -0.2) is 20.0 Å². The molecule has 3 heteroatoms. The Kier molecular flexibility index (Phi) is 7.17. The van der Waals surface area contributed by atoms with Crippen molar-refractivity contribution in [1.29, 1.82) is 5.26 Å². The Morgan fingerprint density at radius 3 is 2.29 bits per heavy atom. The van der Waals surface area contributed by atoms with Crippen molar-refractivity contribution >= 4 is 6.79 Å². The molecule has 0 atom stereocenters. The smallest absolute Gasteiger partial charge is 0.106 e. The van der Waals surface area contributed by atoms with Gasteiger partial charge in [0.2, 0.25) is 0 Å². The predicted octanol–water partition coefficient (Wildman–Crippen LogP) is 4.81. The van der Waals surface area contributed by atoms with E-state index in [1.54, 1.807) is 0 Å². The van der Waals surface area contributed by atoms with Gasteiger partial charge < -0.3 is 9.53 Å². The molecule has 3 rings (SSSR count). The summed E-state index contributed by atoms with van der Waals surface area (Å²) in [5, 5.41) is 9.14. The fourth-order valence-corrected chi connectivity index (χ4v) is 4.43. The lowest BCUT2D eigenvalue weighted by Gasteiger charge is -2.46. The van der Waals surface area contributed by atoms with Crippen LogP contribution in [0.2, 0.25) is 0 Å². The van der Waals surface area contributed by atoms with E-state index in [1.165, 1.54) is 36.8 Å². The molecule has 3 nitrogen and oxygen atoms in total. The summed E-state index contributed by atoms with van der Waals surface area (Å²) in [7, 11) is 1.83. The highest BCUT2D eigenvalue weighted by atomic mass is 16.5. The summed E-state index contributed by atoms with van der Waals surface area (Å²) in [5.74, 6) is 0. The van der Waals surface area contributed by atoms with Gasteiger partial charge in [0, 0.05) is 7.11 Å². The van der Waals surface area contributed by atoms with E-state index in [0.29, 0.717) is 11.5 Å². The zero-order chi connectivity index (χ0) is 18.4. The molecule has 0 aliphatic heterocycles. The minimum absolute atomic E-state index is 0.161. The molecule has 2 aliphatic rings. The number of hydrogen-bond donors (Lipinski definition) is 0. The molecule has 0 bridgehead atoms. The summed E-state index contributed by atoms with van der Waals surface area (Å²) < 4.78 is 5.53. The second kappa shape index (κ2) is 8.44. The zero-order valence-electron chi connectivity index (χ0n) is 15.8. The Morgan fingerprint density at radius 2 is 1.79 bits per heavy atom. The van der Waals surface area contributed by atoms with E-state index < -0.39 is 0 Å². The van der Waals surface area contributed by atoms with E-state index in [0.717, 1.165) is 12.0 Å². The van der Waals surface area contributed by atoms with Crippen molar-refractivity contribution in [2.45, 2.75) is 71.3 Å². The highest BCUT2D eigenvalue weighted by Gasteiger charge is 2.52. The third-order valence-corrected chi connectivity index (χ3v) is 5.99. The number of carbonyl (C=O) groups is 1. The first-order valence-electron chi connectivity index (χ1n) is 8.87. The number of fused-ring (bicyclic) bond motifs is 1. The predicted molar refractivity (Wildman–Crippen MR) is 98.1 cm³/mol. The van der Waals surface area contributed by atoms with Crippen molar-refractivity contribution in [2.24, 2.45) is 5.41 Å². The quantitative estimate of drug-likeness (QED) is 0.743. The van der Waals surface area contributed by atoms with Crippen LogP contribution >= 0.6 is 0 Å². The minimum Gasteiger partial charge on any atom is -0.381 e. The van der Waals surface area contributed by atoms with Crippen molar-refractivity contribution in [3.63, 3.8) is 0 Å². The summed E-state index contributed by atoms with van der Waals surface area (Å²) >= 11 is 0. The van der Waals surface area contributed by atoms with Gasteiger partial charge in [-0.3, -0.25) is 0 Å². The number of nitriles is 1. The molecule has 0 unspecified atom stereocenters. The van der Waals surface area contributed by atoms with Crippen LogP contribution in [0.4, 0.5) is 0 Å². The standard InChI is InChI=1S/C18H23NO.C2H6.CH2O/c1-17(2)16-10-13(12-19)4-5-14(16)11-18(17)8-6-15(20-3)7-9-18;2*1-2/h4-5,10,15H,6-9,11H2,1-3H3;1-2H3;1H2. The van der Waals surface area contributed by atoms with Crippen molar-refractivity contribution in [1.82, 2.24) is 0 Å². The molecular formula is C21H31NO2. The van der Waals surface area contributed by atoms with Crippen LogP contribution in [-0.2, 0) is 21.4 Å². The van der Waals surface area contributed by atoms with E-state index in [2.05, 4.69) is 32.0 Å². The van der Waals surface area contributed by atoms with Crippen LogP contribution in [0, 0.1) is 16.7 Å². The van der Waals surface area contributed by atoms with Crippen molar-refractivity contribution in [3.8, 4) is 6.07 Å². The Bertz CT molecular complexity index is 578. The number of carbonyl (C=O) groups excluding carboxylic acids is 1. The Morgan fingerprint density at radius 1 is 1.21 bits per heavy atom. The van der Waals surface area contributed by atoms with Crippen LogP contribution in [0.3, 0.4) is 0 Å². The average Bonchev–Trinajstić information content (AvgIpc) is 2.86. The summed E-state index contributed by atoms with van der Waals surface area (Å²) in [6.45, 7) is 10.7. The number of ether oxygens (including phenoxy) is 1. The van der Waals surface area contributed by atoms with Gasteiger partial charge in [0.15, 0.2) is 0 Å². The maximum Gasteiger partial charge on any atom is 0.106 e. The van der Waals surface area contributed by atoms with E-state index >= 15 is 0 Å². The normalized spacial score (nSPS) is 26.2. The van der Waals surface area contributed by atoms with Crippen molar-refractivity contribution in [3.05, 3.63) is 34.9 Å². The summed E-state index contributed by atoms with van der Waals surface area (Å²) in [5.41, 5.74) is 4.16. The topological polar surface area (TPSA) is 50.1 Å². The van der Waals surface area contributed by atoms with E-state index in [4.69, 9.17) is 14.8 Å². The second-order valence-electron chi connectivity index (χ2n) is 7.00. The lowest BCUT2D eigenvalue weighted by Crippen LogP contribution is -2.42. The SMILES string of the molecule is C=O.CC.COC1CCC2(CC1)Cc1ccc(C#N)cc1C2(C)C. The molecule has 1 aromatic rings. The molecule has 0 radical (unpaired) electrons. The van der Waals surface area contributed by atoms with Gasteiger partial charge in [-0.05, 0) is 66.2 Å². The Balaban J connectivity index is 0.000000671. The van der Waals surface area contributed by atoms with Gasteiger partial charge in [-0.25, -0.2) is 0 Å². The number of benzene rings is 1. The molecule has 132 valence electrons. The van der Waals surface area contributed by atoms with Crippen molar-refractivity contribution < 1.29 is 9.53 Å². The van der Waals surface area contributed by atoms with E-state index in [-0.39, 0.29) is 5.41 Å². The van der Waals surface area contributed by atoms with Crippen LogP contribution in [0.25, 0.3) is 0 Å². The second-order valence-corrected chi connectivity index (χ2v) is 7.00. The molecule has 2 aliphatic carbocycles. The van der Waals surface area contributed by atoms with E-state index in [9.17, 15) is 0 Å². The Labute approximate surface area is 147 Å². The van der Waals surface area contributed by atoms with Crippen LogP contribution in [0.1, 0.15) is 70.1 Å².